The van der Waals surface area contributed by atoms with Crippen LogP contribution < -0.4 is 31.1 Å². The monoisotopic (exact) mass is 769 g/mol. The zero-order valence-electron chi connectivity index (χ0n) is 33.9. The summed E-state index contributed by atoms with van der Waals surface area (Å²) in [5.74, 6) is 0.342. The quantitative estimate of drug-likeness (QED) is 0.150. The molecule has 0 saturated heterocycles. The van der Waals surface area contributed by atoms with Crippen LogP contribution in [0, 0.1) is 13.8 Å². The molecule has 0 N–H and O–H groups in total. The smallest absolute Gasteiger partial charge is 0.252 e. The van der Waals surface area contributed by atoms with Crippen LogP contribution in [0.5, 0.6) is 0 Å². The first kappa shape index (κ1) is 35.8. The van der Waals surface area contributed by atoms with Gasteiger partial charge >= 0.3 is 0 Å². The lowest BCUT2D eigenvalue weighted by atomic mass is 9.33. The number of nitrogens with zero attached hydrogens (tertiary/aromatic N) is 3. The Labute approximate surface area is 353 Å². The Morgan fingerprint density at radius 2 is 1.10 bits per heavy atom. The van der Waals surface area contributed by atoms with Crippen molar-refractivity contribution >= 4 is 68.6 Å². The third-order valence-electron chi connectivity index (χ3n) is 12.5. The minimum atomic E-state index is 0.0517. The summed E-state index contributed by atoms with van der Waals surface area (Å²) in [7, 11) is 0. The van der Waals surface area contributed by atoms with E-state index in [0.717, 1.165) is 23.5 Å². The lowest BCUT2D eigenvalue weighted by Crippen LogP contribution is -2.61. The van der Waals surface area contributed by atoms with Gasteiger partial charge in [-0.1, -0.05) is 151 Å². The summed E-state index contributed by atoms with van der Waals surface area (Å²) in [5.41, 5.74) is 20.8. The number of fused-ring (bicyclic) bond motifs is 4. The van der Waals surface area contributed by atoms with Crippen LogP contribution in [0.15, 0.2) is 218 Å². The van der Waals surface area contributed by atoms with Gasteiger partial charge in [-0.2, -0.15) is 0 Å². The standard InChI is InChI=1S/C56H44BN3/c1-39-21-28-48(29-22-39)59-52-36-23-40(2)37-51(52)57-50-35-34-49(38-55(50)60(45-17-10-5-11-18-45)54-20-12-19-53(59)56(54)57)58(46-30-24-43(25-31-46)41-13-6-3-7-14-41)47-32-26-44(27-33-47)42-15-8-4-9-16-42/h3-26,28-38,44H,27H2,1-2H3. The van der Waals surface area contributed by atoms with Crippen molar-refractivity contribution in [2.24, 2.45) is 0 Å². The third kappa shape index (κ3) is 6.15. The molecule has 1 unspecified atom stereocenters. The van der Waals surface area contributed by atoms with E-state index < -0.39 is 0 Å². The van der Waals surface area contributed by atoms with Crippen molar-refractivity contribution in [3.05, 3.63) is 235 Å². The zero-order valence-corrected chi connectivity index (χ0v) is 33.9. The second-order valence-electron chi connectivity index (χ2n) is 16.3. The minimum Gasteiger partial charge on any atom is -0.311 e. The Hall–Kier alpha value is -7.30. The van der Waals surface area contributed by atoms with Crippen molar-refractivity contribution in [3.63, 3.8) is 0 Å². The van der Waals surface area contributed by atoms with Crippen molar-refractivity contribution in [2.75, 3.05) is 14.7 Å². The Bertz CT molecular complexity index is 2920. The molecule has 2 aliphatic heterocycles. The molecule has 4 heteroatoms. The maximum Gasteiger partial charge on any atom is 0.252 e. The van der Waals surface area contributed by atoms with E-state index in [1.165, 1.54) is 78.3 Å². The molecule has 3 nitrogen and oxygen atoms in total. The first-order valence-electron chi connectivity index (χ1n) is 21.1. The minimum absolute atomic E-state index is 0.0517. The van der Waals surface area contributed by atoms with Crippen molar-refractivity contribution in [2.45, 2.75) is 26.2 Å². The molecule has 8 aromatic rings. The number of benzene rings is 8. The van der Waals surface area contributed by atoms with Crippen molar-refractivity contribution < 1.29 is 0 Å². The molecular weight excluding hydrogens is 725 g/mol. The van der Waals surface area contributed by atoms with Gasteiger partial charge in [0.25, 0.3) is 6.71 Å². The van der Waals surface area contributed by atoms with Crippen LogP contribution in [-0.2, 0) is 0 Å². The van der Waals surface area contributed by atoms with E-state index in [-0.39, 0.29) is 6.71 Å². The molecule has 1 atom stereocenters. The average Bonchev–Trinajstić information content (AvgIpc) is 3.31. The highest BCUT2D eigenvalue weighted by Gasteiger charge is 2.43. The number of aryl methyl sites for hydroxylation is 2. The molecular formula is C56H44BN3. The Morgan fingerprint density at radius 1 is 0.483 bits per heavy atom. The molecule has 0 fully saturated rings. The van der Waals surface area contributed by atoms with Gasteiger partial charge in [-0.3, -0.25) is 0 Å². The zero-order chi connectivity index (χ0) is 40.2. The van der Waals surface area contributed by atoms with Gasteiger partial charge in [0.05, 0.1) is 0 Å². The fourth-order valence-corrected chi connectivity index (χ4v) is 9.61. The summed E-state index contributed by atoms with van der Waals surface area (Å²) in [5, 5.41) is 0. The highest BCUT2D eigenvalue weighted by atomic mass is 15.2. The van der Waals surface area contributed by atoms with E-state index in [2.05, 4.69) is 241 Å². The summed E-state index contributed by atoms with van der Waals surface area (Å²) in [4.78, 5) is 7.41. The molecule has 0 saturated carbocycles. The number of para-hydroxylation sites is 1. The normalized spacial score (nSPS) is 14.9. The van der Waals surface area contributed by atoms with Gasteiger partial charge in [0.15, 0.2) is 0 Å². The molecule has 60 heavy (non-hydrogen) atoms. The van der Waals surface area contributed by atoms with Crippen LogP contribution in [0.25, 0.3) is 11.1 Å². The summed E-state index contributed by atoms with van der Waals surface area (Å²) in [6, 6.07) is 71.5. The second kappa shape index (κ2) is 14.8. The first-order chi connectivity index (χ1) is 29.6. The molecule has 3 aliphatic rings. The van der Waals surface area contributed by atoms with E-state index >= 15 is 0 Å². The molecule has 0 aromatic heterocycles. The maximum absolute atomic E-state index is 2.50. The molecule has 286 valence electrons. The van der Waals surface area contributed by atoms with E-state index in [4.69, 9.17) is 0 Å². The highest BCUT2D eigenvalue weighted by Crippen LogP contribution is 2.46. The van der Waals surface area contributed by atoms with Crippen LogP contribution >= 0.6 is 0 Å². The van der Waals surface area contributed by atoms with E-state index in [1.807, 2.05) is 0 Å². The third-order valence-corrected chi connectivity index (χ3v) is 12.5. The summed E-state index contributed by atoms with van der Waals surface area (Å²) in [6.45, 7) is 4.43. The summed E-state index contributed by atoms with van der Waals surface area (Å²) in [6.07, 6.45) is 8.05. The molecule has 0 amide bonds. The lowest BCUT2D eigenvalue weighted by Gasteiger charge is -2.44. The topological polar surface area (TPSA) is 9.72 Å². The molecule has 0 radical (unpaired) electrons. The predicted octanol–water partition coefficient (Wildman–Crippen LogP) is 12.8. The van der Waals surface area contributed by atoms with E-state index in [0.29, 0.717) is 5.92 Å². The predicted molar refractivity (Wildman–Crippen MR) is 255 cm³/mol. The number of hydrogen-bond donors (Lipinski definition) is 0. The lowest BCUT2D eigenvalue weighted by molar-refractivity contribution is 0.840. The second-order valence-corrected chi connectivity index (χ2v) is 16.3. The molecule has 1 aliphatic carbocycles. The van der Waals surface area contributed by atoms with Crippen molar-refractivity contribution in [1.82, 2.24) is 0 Å². The fourth-order valence-electron chi connectivity index (χ4n) is 9.61. The molecule has 2 heterocycles. The van der Waals surface area contributed by atoms with Crippen LogP contribution in [0.1, 0.15) is 29.0 Å². The van der Waals surface area contributed by atoms with Gasteiger partial charge in [-0.15, -0.1) is 0 Å². The average molecular weight is 770 g/mol. The Kier molecular flexibility index (Phi) is 8.85. The van der Waals surface area contributed by atoms with E-state index in [9.17, 15) is 0 Å². The Balaban J connectivity index is 1.10. The largest absolute Gasteiger partial charge is 0.311 e. The molecule has 8 aromatic carbocycles. The fraction of sp³-hybridized carbons (Fsp3) is 0.0714. The van der Waals surface area contributed by atoms with Crippen molar-refractivity contribution in [3.8, 4) is 11.1 Å². The molecule has 0 spiro atoms. The van der Waals surface area contributed by atoms with Gasteiger partial charge in [0.1, 0.15) is 0 Å². The first-order valence-corrected chi connectivity index (χ1v) is 21.1. The number of allylic oxidation sites excluding steroid dienone is 3. The molecule has 0 bridgehead atoms. The van der Waals surface area contributed by atoms with Gasteiger partial charge in [-0.05, 0) is 126 Å². The SMILES string of the molecule is Cc1ccc(N2c3ccc(C)cc3B3c4ccc(N(C5=CCC(c6ccccc6)C=C5)c5ccc(-c6ccccc6)cc5)cc4N(c4ccccc4)c4cccc2c43)cc1. The number of hydrogen-bond acceptors (Lipinski definition) is 3. The number of anilines is 8. The number of rotatable bonds is 7. The van der Waals surface area contributed by atoms with Gasteiger partial charge in [0.2, 0.25) is 0 Å². The summed E-state index contributed by atoms with van der Waals surface area (Å²) < 4.78 is 0. The maximum atomic E-state index is 2.50. The van der Waals surface area contributed by atoms with Crippen LogP contribution in [0.4, 0.5) is 45.5 Å². The van der Waals surface area contributed by atoms with E-state index in [1.54, 1.807) is 0 Å². The van der Waals surface area contributed by atoms with Gasteiger partial charge < -0.3 is 14.7 Å². The van der Waals surface area contributed by atoms with Crippen LogP contribution in [0.2, 0.25) is 0 Å². The Morgan fingerprint density at radius 3 is 1.80 bits per heavy atom. The summed E-state index contributed by atoms with van der Waals surface area (Å²) >= 11 is 0. The molecule has 11 rings (SSSR count). The highest BCUT2D eigenvalue weighted by molar-refractivity contribution is 7.00. The van der Waals surface area contributed by atoms with Crippen LogP contribution in [0.3, 0.4) is 0 Å². The van der Waals surface area contributed by atoms with Crippen molar-refractivity contribution in [1.29, 1.82) is 0 Å². The van der Waals surface area contributed by atoms with Gasteiger partial charge in [-0.25, -0.2) is 0 Å². The van der Waals surface area contributed by atoms with Gasteiger partial charge in [0, 0.05) is 57.1 Å². The van der Waals surface area contributed by atoms with Crippen LogP contribution in [-0.4, -0.2) is 6.71 Å².